The van der Waals surface area contributed by atoms with E-state index in [4.69, 9.17) is 11.2 Å². The lowest BCUT2D eigenvalue weighted by atomic mass is 10.3. The van der Waals surface area contributed by atoms with E-state index in [1.54, 1.807) is 0 Å². The maximum Gasteiger partial charge on any atom is 0.222 e. The van der Waals surface area contributed by atoms with E-state index in [2.05, 4.69) is 28.1 Å². The first-order chi connectivity index (χ1) is 8.76. The van der Waals surface area contributed by atoms with E-state index in [-0.39, 0.29) is 6.61 Å². The van der Waals surface area contributed by atoms with E-state index < -0.39 is 0 Å². The SMILES string of the molecule is C#CCOc1nc(C2CC2)nc(NCCC)c1C. The highest BCUT2D eigenvalue weighted by molar-refractivity contribution is 5.49. The van der Waals surface area contributed by atoms with Crippen molar-refractivity contribution in [1.82, 2.24) is 9.97 Å². The minimum Gasteiger partial charge on any atom is -0.464 e. The van der Waals surface area contributed by atoms with Crippen molar-refractivity contribution in [2.45, 2.75) is 39.0 Å². The summed E-state index contributed by atoms with van der Waals surface area (Å²) in [5.74, 6) is 5.34. The Balaban J connectivity index is 2.25. The first-order valence-electron chi connectivity index (χ1n) is 6.45. The Morgan fingerprint density at radius 1 is 1.44 bits per heavy atom. The Morgan fingerprint density at radius 3 is 2.83 bits per heavy atom. The van der Waals surface area contributed by atoms with Gasteiger partial charge in [0.1, 0.15) is 11.6 Å². The molecule has 1 N–H and O–H groups in total. The predicted molar refractivity (Wildman–Crippen MR) is 71.9 cm³/mol. The largest absolute Gasteiger partial charge is 0.464 e. The summed E-state index contributed by atoms with van der Waals surface area (Å²) in [6.45, 7) is 5.23. The zero-order valence-electron chi connectivity index (χ0n) is 11.0. The Labute approximate surface area is 108 Å². The number of terminal acetylenes is 1. The summed E-state index contributed by atoms with van der Waals surface area (Å²) in [6.07, 6.45) is 8.62. The number of hydrogen-bond acceptors (Lipinski definition) is 4. The van der Waals surface area contributed by atoms with Crippen molar-refractivity contribution in [1.29, 1.82) is 0 Å². The highest BCUT2D eigenvalue weighted by Gasteiger charge is 2.28. The molecule has 0 unspecified atom stereocenters. The number of anilines is 1. The van der Waals surface area contributed by atoms with Crippen LogP contribution in [0.15, 0.2) is 0 Å². The summed E-state index contributed by atoms with van der Waals surface area (Å²) >= 11 is 0. The molecule has 0 aliphatic heterocycles. The third-order valence-electron chi connectivity index (χ3n) is 2.90. The zero-order valence-corrected chi connectivity index (χ0v) is 11.0. The fraction of sp³-hybridized carbons (Fsp3) is 0.571. The van der Waals surface area contributed by atoms with Crippen LogP contribution in [0.3, 0.4) is 0 Å². The van der Waals surface area contributed by atoms with Crippen molar-refractivity contribution in [2.75, 3.05) is 18.5 Å². The van der Waals surface area contributed by atoms with Gasteiger partial charge in [-0.05, 0) is 26.2 Å². The molecule has 1 aromatic rings. The summed E-state index contributed by atoms with van der Waals surface area (Å²) < 4.78 is 5.50. The van der Waals surface area contributed by atoms with E-state index in [0.717, 1.165) is 30.2 Å². The molecular formula is C14H19N3O. The lowest BCUT2D eigenvalue weighted by molar-refractivity contribution is 0.350. The van der Waals surface area contributed by atoms with E-state index in [1.807, 2.05) is 6.92 Å². The standard InChI is InChI=1S/C14H19N3O/c1-4-8-15-12-10(3)14(18-9-5-2)17-13(16-12)11-6-7-11/h2,11H,4,6-9H2,1,3H3,(H,15,16,17). The van der Waals surface area contributed by atoms with Crippen molar-refractivity contribution < 1.29 is 4.74 Å². The third-order valence-corrected chi connectivity index (χ3v) is 2.90. The van der Waals surface area contributed by atoms with Gasteiger partial charge in [0, 0.05) is 12.5 Å². The Morgan fingerprint density at radius 2 is 2.22 bits per heavy atom. The average molecular weight is 245 g/mol. The topological polar surface area (TPSA) is 47.0 Å². The maximum atomic E-state index is 5.50. The normalized spacial score (nSPS) is 14.1. The van der Waals surface area contributed by atoms with Crippen LogP contribution in [0.25, 0.3) is 0 Å². The second-order valence-corrected chi connectivity index (χ2v) is 4.55. The number of hydrogen-bond donors (Lipinski definition) is 1. The molecule has 0 amide bonds. The molecule has 0 atom stereocenters. The number of nitrogens with one attached hydrogen (secondary N) is 1. The maximum absolute atomic E-state index is 5.50. The second-order valence-electron chi connectivity index (χ2n) is 4.55. The predicted octanol–water partition coefficient (Wildman–Crippen LogP) is 2.50. The molecule has 0 radical (unpaired) electrons. The van der Waals surface area contributed by atoms with Gasteiger partial charge in [0.2, 0.25) is 5.88 Å². The van der Waals surface area contributed by atoms with Crippen LogP contribution in [0.5, 0.6) is 5.88 Å². The molecule has 0 spiro atoms. The van der Waals surface area contributed by atoms with Gasteiger partial charge in [-0.15, -0.1) is 6.42 Å². The van der Waals surface area contributed by atoms with Gasteiger partial charge in [-0.3, -0.25) is 0 Å². The highest BCUT2D eigenvalue weighted by Crippen LogP contribution is 2.39. The Bertz CT molecular complexity index is 461. The first kappa shape index (κ1) is 12.7. The summed E-state index contributed by atoms with van der Waals surface area (Å²) in [5, 5.41) is 3.32. The first-order valence-corrected chi connectivity index (χ1v) is 6.45. The number of rotatable bonds is 6. The van der Waals surface area contributed by atoms with Crippen LogP contribution in [0.1, 0.15) is 43.5 Å². The molecule has 4 nitrogen and oxygen atoms in total. The monoisotopic (exact) mass is 245 g/mol. The van der Waals surface area contributed by atoms with E-state index >= 15 is 0 Å². The molecule has 1 fully saturated rings. The molecule has 96 valence electrons. The molecule has 0 aromatic carbocycles. The molecule has 18 heavy (non-hydrogen) atoms. The molecule has 1 heterocycles. The van der Waals surface area contributed by atoms with Crippen LogP contribution in [-0.4, -0.2) is 23.1 Å². The summed E-state index contributed by atoms with van der Waals surface area (Å²) in [7, 11) is 0. The van der Waals surface area contributed by atoms with Gasteiger partial charge < -0.3 is 10.1 Å². The summed E-state index contributed by atoms with van der Waals surface area (Å²) in [6, 6.07) is 0. The highest BCUT2D eigenvalue weighted by atomic mass is 16.5. The number of aromatic nitrogens is 2. The van der Waals surface area contributed by atoms with Crippen molar-refractivity contribution in [2.24, 2.45) is 0 Å². The third kappa shape index (κ3) is 2.92. The summed E-state index contributed by atoms with van der Waals surface area (Å²) in [4.78, 5) is 9.06. The number of nitrogens with zero attached hydrogens (tertiary/aromatic N) is 2. The van der Waals surface area contributed by atoms with Crippen molar-refractivity contribution >= 4 is 5.82 Å². The fourth-order valence-corrected chi connectivity index (χ4v) is 1.70. The van der Waals surface area contributed by atoms with Crippen molar-refractivity contribution in [3.63, 3.8) is 0 Å². The Hall–Kier alpha value is -1.76. The van der Waals surface area contributed by atoms with E-state index in [1.165, 1.54) is 12.8 Å². The fourth-order valence-electron chi connectivity index (χ4n) is 1.70. The van der Waals surface area contributed by atoms with Gasteiger partial charge in [0.05, 0.1) is 5.56 Å². The van der Waals surface area contributed by atoms with Crippen LogP contribution >= 0.6 is 0 Å². The van der Waals surface area contributed by atoms with Crippen LogP contribution in [0.2, 0.25) is 0 Å². The van der Waals surface area contributed by atoms with Gasteiger partial charge >= 0.3 is 0 Å². The molecule has 0 bridgehead atoms. The average Bonchev–Trinajstić information content (AvgIpc) is 3.20. The van der Waals surface area contributed by atoms with Crippen LogP contribution < -0.4 is 10.1 Å². The van der Waals surface area contributed by atoms with Gasteiger partial charge in [-0.1, -0.05) is 12.8 Å². The molecular weight excluding hydrogens is 226 g/mol. The lowest BCUT2D eigenvalue weighted by Crippen LogP contribution is -2.10. The van der Waals surface area contributed by atoms with Crippen molar-refractivity contribution in [3.05, 3.63) is 11.4 Å². The van der Waals surface area contributed by atoms with Gasteiger partial charge in [0.15, 0.2) is 6.61 Å². The van der Waals surface area contributed by atoms with Gasteiger partial charge in [-0.25, -0.2) is 4.98 Å². The van der Waals surface area contributed by atoms with Gasteiger partial charge in [-0.2, -0.15) is 4.98 Å². The van der Waals surface area contributed by atoms with Gasteiger partial charge in [0.25, 0.3) is 0 Å². The quantitative estimate of drug-likeness (QED) is 0.782. The van der Waals surface area contributed by atoms with Crippen LogP contribution in [-0.2, 0) is 0 Å². The van der Waals surface area contributed by atoms with Crippen molar-refractivity contribution in [3.8, 4) is 18.2 Å². The molecule has 1 aliphatic rings. The smallest absolute Gasteiger partial charge is 0.222 e. The molecule has 1 aliphatic carbocycles. The molecule has 0 saturated heterocycles. The van der Waals surface area contributed by atoms with E-state index in [0.29, 0.717) is 11.8 Å². The molecule has 4 heteroatoms. The lowest BCUT2D eigenvalue weighted by Gasteiger charge is -2.13. The summed E-state index contributed by atoms with van der Waals surface area (Å²) in [5.41, 5.74) is 0.933. The Kier molecular flexibility index (Phi) is 4.03. The van der Waals surface area contributed by atoms with Crippen LogP contribution in [0.4, 0.5) is 5.82 Å². The minimum atomic E-state index is 0.245. The number of ether oxygens (including phenoxy) is 1. The minimum absolute atomic E-state index is 0.245. The second kappa shape index (κ2) is 5.72. The van der Waals surface area contributed by atoms with Crippen LogP contribution in [0, 0.1) is 19.3 Å². The van der Waals surface area contributed by atoms with E-state index in [9.17, 15) is 0 Å². The zero-order chi connectivity index (χ0) is 13.0. The molecule has 1 aromatic heterocycles. The molecule has 2 rings (SSSR count). The molecule has 1 saturated carbocycles.